The Labute approximate surface area is 90.6 Å². The van der Waals surface area contributed by atoms with Crippen LogP contribution in [0.4, 0.5) is 5.69 Å². The monoisotopic (exact) mass is 220 g/mol. The lowest BCUT2D eigenvalue weighted by Gasteiger charge is -2.28. The highest BCUT2D eigenvalue weighted by atomic mass is 16.6. The minimum atomic E-state index is -0.539. The van der Waals surface area contributed by atoms with Crippen LogP contribution in [0.1, 0.15) is 16.8 Å². The van der Waals surface area contributed by atoms with Gasteiger partial charge in [-0.05, 0) is 12.1 Å². The summed E-state index contributed by atoms with van der Waals surface area (Å²) in [7, 11) is 0. The van der Waals surface area contributed by atoms with Crippen LogP contribution in [-0.2, 0) is 4.79 Å². The summed E-state index contributed by atoms with van der Waals surface area (Å²) in [5.41, 5.74) is 0.213. The van der Waals surface area contributed by atoms with Gasteiger partial charge in [0.2, 0.25) is 5.91 Å². The first kappa shape index (κ1) is 10.3. The number of β-lactam (4-membered cyclic amide) rings is 1. The van der Waals surface area contributed by atoms with Gasteiger partial charge in [-0.3, -0.25) is 24.6 Å². The number of hydrogen-bond donors (Lipinski definition) is 0. The van der Waals surface area contributed by atoms with E-state index in [0.29, 0.717) is 18.5 Å². The van der Waals surface area contributed by atoms with Crippen LogP contribution < -0.4 is 0 Å². The maximum absolute atomic E-state index is 11.7. The van der Waals surface area contributed by atoms with Crippen molar-refractivity contribution >= 4 is 17.5 Å². The van der Waals surface area contributed by atoms with Gasteiger partial charge < -0.3 is 0 Å². The van der Waals surface area contributed by atoms with Crippen molar-refractivity contribution in [3.05, 3.63) is 39.9 Å². The molecule has 1 aliphatic heterocycles. The molecule has 1 fully saturated rings. The average molecular weight is 220 g/mol. The van der Waals surface area contributed by atoms with E-state index >= 15 is 0 Å². The van der Waals surface area contributed by atoms with E-state index in [4.69, 9.17) is 0 Å². The number of imide groups is 1. The van der Waals surface area contributed by atoms with Crippen LogP contribution in [0.25, 0.3) is 0 Å². The van der Waals surface area contributed by atoms with Gasteiger partial charge in [0.15, 0.2) is 0 Å². The largest absolute Gasteiger partial charge is 0.278 e. The van der Waals surface area contributed by atoms with Crippen molar-refractivity contribution in [2.24, 2.45) is 0 Å². The minimum absolute atomic E-state index is 0.0773. The molecule has 0 atom stereocenters. The molecule has 6 nitrogen and oxygen atoms in total. The van der Waals surface area contributed by atoms with Crippen LogP contribution in [0.3, 0.4) is 0 Å². The molecular formula is C10H8N2O4. The zero-order valence-electron chi connectivity index (χ0n) is 8.25. The lowest BCUT2D eigenvalue weighted by molar-refractivity contribution is -0.384. The summed E-state index contributed by atoms with van der Waals surface area (Å²) in [4.78, 5) is 33.7. The smallest absolute Gasteiger partial charge is 0.269 e. The summed E-state index contributed by atoms with van der Waals surface area (Å²) >= 11 is 0. The lowest BCUT2D eigenvalue weighted by Crippen LogP contribution is -2.47. The van der Waals surface area contributed by atoms with Gasteiger partial charge in [-0.1, -0.05) is 0 Å². The molecule has 82 valence electrons. The molecule has 16 heavy (non-hydrogen) atoms. The van der Waals surface area contributed by atoms with Crippen LogP contribution >= 0.6 is 0 Å². The number of non-ortho nitro benzene ring substituents is 1. The number of nitrogens with zero attached hydrogens (tertiary/aromatic N) is 2. The highest BCUT2D eigenvalue weighted by molar-refractivity contribution is 6.07. The molecule has 1 aromatic carbocycles. The predicted octanol–water partition coefficient (Wildman–Crippen LogP) is 0.967. The van der Waals surface area contributed by atoms with Gasteiger partial charge >= 0.3 is 0 Å². The van der Waals surface area contributed by atoms with E-state index in [1.165, 1.54) is 24.3 Å². The fourth-order valence-electron chi connectivity index (χ4n) is 1.41. The van der Waals surface area contributed by atoms with Crippen LogP contribution in [0.5, 0.6) is 0 Å². The van der Waals surface area contributed by atoms with Crippen LogP contribution in [0.15, 0.2) is 24.3 Å². The second-order valence-corrected chi connectivity index (χ2v) is 3.40. The number of carbonyl (C=O) groups is 2. The van der Waals surface area contributed by atoms with Crippen molar-refractivity contribution in [2.45, 2.75) is 6.42 Å². The van der Waals surface area contributed by atoms with Gasteiger partial charge in [0.1, 0.15) is 0 Å². The molecule has 0 spiro atoms. The van der Waals surface area contributed by atoms with Gasteiger partial charge in [0.25, 0.3) is 11.6 Å². The summed E-state index contributed by atoms with van der Waals surface area (Å²) in [6.07, 6.45) is 0.388. The minimum Gasteiger partial charge on any atom is -0.278 e. The molecule has 2 rings (SSSR count). The van der Waals surface area contributed by atoms with E-state index in [-0.39, 0.29) is 11.6 Å². The summed E-state index contributed by atoms with van der Waals surface area (Å²) < 4.78 is 0. The van der Waals surface area contributed by atoms with Crippen LogP contribution in [0, 0.1) is 10.1 Å². The number of benzene rings is 1. The average Bonchev–Trinajstić information content (AvgIpc) is 2.27. The van der Waals surface area contributed by atoms with E-state index in [9.17, 15) is 19.7 Å². The SMILES string of the molecule is O=C1CCN1C(=O)c1ccc([N+](=O)[O-])cc1. The number of likely N-dealkylation sites (tertiary alicyclic amines) is 1. The third-order valence-corrected chi connectivity index (χ3v) is 2.42. The van der Waals surface area contributed by atoms with Gasteiger partial charge in [-0.25, -0.2) is 0 Å². The molecule has 1 aliphatic rings. The number of hydrogen-bond acceptors (Lipinski definition) is 4. The highest BCUT2D eigenvalue weighted by Gasteiger charge is 2.30. The Hall–Kier alpha value is -2.24. The standard InChI is InChI=1S/C10H8N2O4/c13-9-5-6-11(9)10(14)7-1-3-8(4-2-7)12(15)16/h1-4H,5-6H2. The molecule has 6 heteroatoms. The van der Waals surface area contributed by atoms with Crippen molar-refractivity contribution in [1.82, 2.24) is 4.90 Å². The normalized spacial score (nSPS) is 14.5. The lowest BCUT2D eigenvalue weighted by atomic mass is 10.1. The predicted molar refractivity (Wildman–Crippen MR) is 53.8 cm³/mol. The van der Waals surface area contributed by atoms with Crippen molar-refractivity contribution < 1.29 is 14.5 Å². The molecule has 1 aromatic rings. The first-order chi connectivity index (χ1) is 7.59. The third-order valence-electron chi connectivity index (χ3n) is 2.42. The Kier molecular flexibility index (Phi) is 2.40. The van der Waals surface area contributed by atoms with Crippen molar-refractivity contribution in [3.63, 3.8) is 0 Å². The van der Waals surface area contributed by atoms with E-state index < -0.39 is 10.8 Å². The molecule has 1 heterocycles. The number of nitro benzene ring substituents is 1. The van der Waals surface area contributed by atoms with E-state index in [1.54, 1.807) is 0 Å². The topological polar surface area (TPSA) is 80.5 Å². The maximum atomic E-state index is 11.7. The maximum Gasteiger partial charge on any atom is 0.269 e. The summed E-state index contributed by atoms with van der Waals surface area (Å²) in [6.45, 7) is 0.425. The molecule has 0 radical (unpaired) electrons. The Morgan fingerprint density at radius 2 is 1.94 bits per heavy atom. The van der Waals surface area contributed by atoms with Gasteiger partial charge in [0.05, 0.1) is 4.92 Å². The molecule has 1 saturated heterocycles. The fraction of sp³-hybridized carbons (Fsp3) is 0.200. The molecule has 0 bridgehead atoms. The highest BCUT2D eigenvalue weighted by Crippen LogP contribution is 2.17. The molecular weight excluding hydrogens is 212 g/mol. The molecule has 0 aromatic heterocycles. The number of rotatable bonds is 2. The Morgan fingerprint density at radius 3 is 2.31 bits per heavy atom. The number of amides is 2. The zero-order valence-corrected chi connectivity index (χ0v) is 8.25. The molecule has 2 amide bonds. The molecule has 0 saturated carbocycles. The van der Waals surface area contributed by atoms with E-state index in [0.717, 1.165) is 4.90 Å². The Morgan fingerprint density at radius 1 is 1.31 bits per heavy atom. The fourth-order valence-corrected chi connectivity index (χ4v) is 1.41. The Balaban J connectivity index is 2.18. The second kappa shape index (κ2) is 3.73. The third kappa shape index (κ3) is 1.65. The van der Waals surface area contributed by atoms with E-state index in [2.05, 4.69) is 0 Å². The molecule has 0 unspecified atom stereocenters. The van der Waals surface area contributed by atoms with Gasteiger partial charge in [0, 0.05) is 30.7 Å². The van der Waals surface area contributed by atoms with E-state index in [1.807, 2.05) is 0 Å². The van der Waals surface area contributed by atoms with Crippen LogP contribution in [-0.4, -0.2) is 28.2 Å². The van der Waals surface area contributed by atoms with Crippen molar-refractivity contribution in [1.29, 1.82) is 0 Å². The number of carbonyl (C=O) groups excluding carboxylic acids is 2. The summed E-state index contributed by atoms with van der Waals surface area (Å²) in [5, 5.41) is 10.4. The quantitative estimate of drug-likeness (QED) is 0.322. The summed E-state index contributed by atoms with van der Waals surface area (Å²) in [6, 6.07) is 5.20. The van der Waals surface area contributed by atoms with Crippen LogP contribution in [0.2, 0.25) is 0 Å². The number of nitro groups is 1. The second-order valence-electron chi connectivity index (χ2n) is 3.40. The first-order valence-corrected chi connectivity index (χ1v) is 4.69. The van der Waals surface area contributed by atoms with Crippen molar-refractivity contribution in [3.8, 4) is 0 Å². The first-order valence-electron chi connectivity index (χ1n) is 4.69. The van der Waals surface area contributed by atoms with Crippen molar-refractivity contribution in [2.75, 3.05) is 6.54 Å². The van der Waals surface area contributed by atoms with Gasteiger partial charge in [-0.2, -0.15) is 0 Å². The Bertz CT molecular complexity index is 466. The molecule has 0 N–H and O–H groups in total. The molecule has 0 aliphatic carbocycles. The zero-order chi connectivity index (χ0) is 11.7. The summed E-state index contributed by atoms with van der Waals surface area (Å²) in [5.74, 6) is -0.602. The van der Waals surface area contributed by atoms with Gasteiger partial charge in [-0.15, -0.1) is 0 Å².